The molecule has 1 fully saturated rings. The molecule has 9 heteroatoms. The lowest BCUT2D eigenvalue weighted by molar-refractivity contribution is -0.131. The fourth-order valence-corrected chi connectivity index (χ4v) is 3.67. The lowest BCUT2D eigenvalue weighted by atomic mass is 10.2. The average molecular weight is 387 g/mol. The molecule has 0 aliphatic carbocycles. The molecule has 0 spiro atoms. The van der Waals surface area contributed by atoms with Gasteiger partial charge in [0, 0.05) is 52.1 Å². The van der Waals surface area contributed by atoms with E-state index in [0.29, 0.717) is 39.2 Å². The number of piperazine rings is 1. The minimum atomic E-state index is -3.45. The summed E-state index contributed by atoms with van der Waals surface area (Å²) < 4.78 is 42.9. The lowest BCUT2D eigenvalue weighted by Gasteiger charge is -2.36. The van der Waals surface area contributed by atoms with Crippen LogP contribution in [0.4, 0.5) is 10.1 Å². The fourth-order valence-electron chi connectivity index (χ4n) is 2.86. The van der Waals surface area contributed by atoms with E-state index in [4.69, 9.17) is 4.74 Å². The summed E-state index contributed by atoms with van der Waals surface area (Å²) in [7, 11) is -1.90. The summed E-state index contributed by atoms with van der Waals surface area (Å²) in [5.74, 6) is -0.483. The van der Waals surface area contributed by atoms with Gasteiger partial charge in [-0.1, -0.05) is 0 Å². The maximum atomic E-state index is 13.0. The number of methoxy groups -OCH3 is 1. The second-order valence-corrected chi connectivity index (χ2v) is 8.27. The third kappa shape index (κ3) is 5.93. The van der Waals surface area contributed by atoms with Crippen molar-refractivity contribution in [3.63, 3.8) is 0 Å². The summed E-state index contributed by atoms with van der Waals surface area (Å²) in [5, 5.41) is 0. The number of ether oxygens (including phenoxy) is 1. The Morgan fingerprint density at radius 1 is 1.19 bits per heavy atom. The van der Waals surface area contributed by atoms with Gasteiger partial charge in [-0.15, -0.1) is 0 Å². The summed E-state index contributed by atoms with van der Waals surface area (Å²) >= 11 is 0. The number of nitrogens with zero attached hydrogens (tertiary/aromatic N) is 3. The molecule has 1 aromatic rings. The number of sulfonamides is 1. The number of rotatable bonds is 8. The maximum absolute atomic E-state index is 13.0. The summed E-state index contributed by atoms with van der Waals surface area (Å²) in [6, 6.07) is 6.26. The molecule has 0 radical (unpaired) electrons. The largest absolute Gasteiger partial charge is 0.385 e. The molecule has 0 N–H and O–H groups in total. The predicted molar refractivity (Wildman–Crippen MR) is 98.1 cm³/mol. The molecule has 146 valence electrons. The van der Waals surface area contributed by atoms with E-state index in [0.717, 1.165) is 11.9 Å². The van der Waals surface area contributed by atoms with Crippen LogP contribution in [0, 0.1) is 5.82 Å². The Labute approximate surface area is 154 Å². The summed E-state index contributed by atoms with van der Waals surface area (Å²) in [6.07, 6.45) is 1.65. The highest BCUT2D eigenvalue weighted by molar-refractivity contribution is 7.88. The number of benzene rings is 1. The average Bonchev–Trinajstić information content (AvgIpc) is 2.61. The molecule has 26 heavy (non-hydrogen) atoms. The molecule has 1 aliphatic rings. The number of anilines is 1. The van der Waals surface area contributed by atoms with Crippen LogP contribution in [0.1, 0.15) is 6.42 Å². The Bertz CT molecular complexity index is 688. The topological polar surface area (TPSA) is 70.2 Å². The number of amides is 1. The monoisotopic (exact) mass is 387 g/mol. The van der Waals surface area contributed by atoms with E-state index in [1.54, 1.807) is 24.1 Å². The van der Waals surface area contributed by atoms with Crippen molar-refractivity contribution in [3.8, 4) is 0 Å². The van der Waals surface area contributed by atoms with Gasteiger partial charge in [0.15, 0.2) is 0 Å². The second-order valence-electron chi connectivity index (χ2n) is 6.29. The number of hydrogen-bond acceptors (Lipinski definition) is 5. The zero-order valence-electron chi connectivity index (χ0n) is 15.2. The minimum Gasteiger partial charge on any atom is -0.385 e. The van der Waals surface area contributed by atoms with E-state index in [-0.39, 0.29) is 24.8 Å². The maximum Gasteiger partial charge on any atom is 0.238 e. The van der Waals surface area contributed by atoms with Crippen molar-refractivity contribution in [3.05, 3.63) is 30.1 Å². The first kappa shape index (κ1) is 20.6. The van der Waals surface area contributed by atoms with E-state index in [9.17, 15) is 17.6 Å². The van der Waals surface area contributed by atoms with E-state index < -0.39 is 10.0 Å². The van der Waals surface area contributed by atoms with Gasteiger partial charge in [0.05, 0.1) is 12.8 Å². The highest BCUT2D eigenvalue weighted by Gasteiger charge is 2.26. The van der Waals surface area contributed by atoms with Crippen LogP contribution in [-0.4, -0.2) is 82.8 Å². The molecule has 0 unspecified atom stereocenters. The van der Waals surface area contributed by atoms with Crippen LogP contribution in [0.3, 0.4) is 0 Å². The quantitative estimate of drug-likeness (QED) is 0.617. The Hall–Kier alpha value is -1.71. The minimum absolute atomic E-state index is 0.154. The van der Waals surface area contributed by atoms with Crippen molar-refractivity contribution in [1.82, 2.24) is 9.21 Å². The van der Waals surface area contributed by atoms with Crippen molar-refractivity contribution in [2.24, 2.45) is 0 Å². The second kappa shape index (κ2) is 9.29. The van der Waals surface area contributed by atoms with Gasteiger partial charge < -0.3 is 14.5 Å². The van der Waals surface area contributed by atoms with Crippen molar-refractivity contribution >= 4 is 21.6 Å². The molecule has 1 saturated heterocycles. The third-order valence-corrected chi connectivity index (χ3v) is 5.61. The van der Waals surface area contributed by atoms with Gasteiger partial charge in [-0.2, -0.15) is 4.31 Å². The zero-order chi connectivity index (χ0) is 19.2. The molecular formula is C17H26FN3O4S. The van der Waals surface area contributed by atoms with Crippen LogP contribution in [0.25, 0.3) is 0 Å². The van der Waals surface area contributed by atoms with Gasteiger partial charge in [-0.25, -0.2) is 12.8 Å². The molecule has 1 aliphatic heterocycles. The zero-order valence-corrected chi connectivity index (χ0v) is 16.0. The predicted octanol–water partition coefficient (Wildman–Crippen LogP) is 0.772. The van der Waals surface area contributed by atoms with E-state index >= 15 is 0 Å². The first-order chi connectivity index (χ1) is 12.3. The molecule has 2 rings (SSSR count). The normalized spacial score (nSPS) is 15.5. The smallest absolute Gasteiger partial charge is 0.238 e. The Morgan fingerprint density at radius 3 is 2.35 bits per heavy atom. The Balaban J connectivity index is 1.88. The van der Waals surface area contributed by atoms with Crippen LogP contribution in [0.2, 0.25) is 0 Å². The molecule has 0 aromatic heterocycles. The Kier molecular flexibility index (Phi) is 7.36. The van der Waals surface area contributed by atoms with Crippen LogP contribution >= 0.6 is 0 Å². The van der Waals surface area contributed by atoms with Gasteiger partial charge in [-0.3, -0.25) is 4.79 Å². The third-order valence-electron chi connectivity index (χ3n) is 4.36. The highest BCUT2D eigenvalue weighted by atomic mass is 32.2. The van der Waals surface area contributed by atoms with Crippen molar-refractivity contribution in [2.45, 2.75) is 6.42 Å². The molecule has 1 amide bonds. The van der Waals surface area contributed by atoms with Gasteiger partial charge in [0.2, 0.25) is 15.9 Å². The summed E-state index contributed by atoms with van der Waals surface area (Å²) in [5.41, 5.74) is 0.913. The number of halogens is 1. The first-order valence-corrected chi connectivity index (χ1v) is 10.4. The van der Waals surface area contributed by atoms with E-state index in [2.05, 4.69) is 4.90 Å². The summed E-state index contributed by atoms with van der Waals surface area (Å²) in [6.45, 7) is 2.81. The van der Waals surface area contributed by atoms with E-state index in [1.165, 1.54) is 16.4 Å². The molecular weight excluding hydrogens is 361 g/mol. The summed E-state index contributed by atoms with van der Waals surface area (Å²) in [4.78, 5) is 16.3. The number of carbonyl (C=O) groups excluding carboxylic acids is 1. The molecule has 0 saturated carbocycles. The fraction of sp³-hybridized carbons (Fsp3) is 0.588. The van der Waals surface area contributed by atoms with Gasteiger partial charge in [0.1, 0.15) is 5.82 Å². The standard InChI is InChI=1S/C17H26FN3O4S/c1-25-13-3-8-21(26(2,23)24)14-17(22)20-11-9-19(10-12-20)16-6-4-15(18)5-7-16/h4-7H,3,8-14H2,1-2H3. The van der Waals surface area contributed by atoms with Gasteiger partial charge >= 0.3 is 0 Å². The number of hydrogen-bond donors (Lipinski definition) is 0. The molecule has 0 bridgehead atoms. The SMILES string of the molecule is COCCCN(CC(=O)N1CCN(c2ccc(F)cc2)CC1)S(C)(=O)=O. The van der Waals surface area contributed by atoms with Crippen molar-refractivity contribution in [1.29, 1.82) is 0 Å². The van der Waals surface area contributed by atoms with Crippen LogP contribution < -0.4 is 4.90 Å². The highest BCUT2D eigenvalue weighted by Crippen LogP contribution is 2.17. The first-order valence-electron chi connectivity index (χ1n) is 8.53. The molecule has 1 aromatic carbocycles. The lowest BCUT2D eigenvalue weighted by Crippen LogP contribution is -2.52. The van der Waals surface area contributed by atoms with Gasteiger partial charge in [-0.05, 0) is 30.7 Å². The van der Waals surface area contributed by atoms with Crippen LogP contribution in [-0.2, 0) is 19.6 Å². The van der Waals surface area contributed by atoms with Crippen molar-refractivity contribution < 1.29 is 22.3 Å². The van der Waals surface area contributed by atoms with E-state index in [1.807, 2.05) is 0 Å². The molecule has 0 atom stereocenters. The molecule has 1 heterocycles. The van der Waals surface area contributed by atoms with Crippen molar-refractivity contribution in [2.75, 3.05) is 64.1 Å². The number of carbonyl (C=O) groups is 1. The van der Waals surface area contributed by atoms with Crippen LogP contribution in [0.15, 0.2) is 24.3 Å². The Morgan fingerprint density at radius 2 is 1.81 bits per heavy atom. The molecule has 7 nitrogen and oxygen atoms in total. The van der Waals surface area contributed by atoms with Gasteiger partial charge in [0.25, 0.3) is 0 Å². The van der Waals surface area contributed by atoms with Crippen LogP contribution in [0.5, 0.6) is 0 Å².